The number of aromatic nitrogens is 1. The third kappa shape index (κ3) is 2.09. The van der Waals surface area contributed by atoms with Gasteiger partial charge in [-0.25, -0.2) is 4.98 Å². The molecule has 101 valence electrons. The summed E-state index contributed by atoms with van der Waals surface area (Å²) in [7, 11) is 0. The monoisotopic (exact) mass is 277 g/mol. The Hall–Kier alpha value is -3.25. The highest BCUT2D eigenvalue weighted by molar-refractivity contribution is 5.81. The number of benzene rings is 1. The number of nitrogens with two attached hydrogens (primary N) is 1. The van der Waals surface area contributed by atoms with Crippen LogP contribution >= 0.6 is 0 Å². The van der Waals surface area contributed by atoms with Crippen molar-refractivity contribution < 1.29 is 9.47 Å². The first kappa shape index (κ1) is 12.8. The molecule has 6 heteroatoms. The maximum Gasteiger partial charge on any atom is 0.161 e. The number of anilines is 1. The Morgan fingerprint density at radius 1 is 1.14 bits per heavy atom. The van der Waals surface area contributed by atoms with Gasteiger partial charge in [-0.2, -0.15) is 10.5 Å². The number of hydrogen-bond acceptors (Lipinski definition) is 6. The molecule has 3 rings (SSSR count). The third-order valence-corrected chi connectivity index (χ3v) is 3.10. The predicted molar refractivity (Wildman–Crippen MR) is 73.3 cm³/mol. The van der Waals surface area contributed by atoms with Gasteiger partial charge in [0.25, 0.3) is 0 Å². The fraction of sp³-hybridized carbons (Fsp3) is 0.133. The molecule has 21 heavy (non-hydrogen) atoms. The fourth-order valence-corrected chi connectivity index (χ4v) is 2.16. The van der Waals surface area contributed by atoms with Gasteiger partial charge in [-0.1, -0.05) is 6.07 Å². The molecule has 0 amide bonds. The van der Waals surface area contributed by atoms with E-state index < -0.39 is 0 Å². The number of fused-ring (bicyclic) bond motifs is 1. The van der Waals surface area contributed by atoms with E-state index in [0.29, 0.717) is 35.8 Å². The van der Waals surface area contributed by atoms with Crippen molar-refractivity contribution in [1.82, 2.24) is 4.98 Å². The van der Waals surface area contributed by atoms with Crippen LogP contribution in [0.3, 0.4) is 0 Å². The summed E-state index contributed by atoms with van der Waals surface area (Å²) in [6.07, 6.45) is 2.55. The highest BCUT2D eigenvalue weighted by Crippen LogP contribution is 2.37. The summed E-state index contributed by atoms with van der Waals surface area (Å²) in [5.41, 5.74) is 7.06. The van der Waals surface area contributed by atoms with Gasteiger partial charge >= 0.3 is 0 Å². The average molecular weight is 277 g/mol. The quantitative estimate of drug-likeness (QED) is 0.849. The number of nitrogen functional groups attached to an aromatic ring is 1. The lowest BCUT2D eigenvalue weighted by Gasteiger charge is -2.19. The molecule has 0 bridgehead atoms. The molecule has 1 aliphatic heterocycles. The van der Waals surface area contributed by atoms with Gasteiger partial charge in [-0.05, 0) is 17.7 Å². The Morgan fingerprint density at radius 3 is 2.62 bits per heavy atom. The van der Waals surface area contributed by atoms with Crippen molar-refractivity contribution in [1.29, 1.82) is 10.5 Å². The zero-order valence-corrected chi connectivity index (χ0v) is 10.9. The Balaban J connectivity index is 2.23. The van der Waals surface area contributed by atoms with Crippen LogP contribution in [0.4, 0.5) is 5.82 Å². The van der Waals surface area contributed by atoms with E-state index in [2.05, 4.69) is 11.2 Å². The first-order valence-corrected chi connectivity index (χ1v) is 6.16. The molecule has 2 N–H and O–H groups in total. The number of ether oxygens (including phenoxy) is 2. The highest BCUT2D eigenvalue weighted by Gasteiger charge is 2.18. The predicted octanol–water partition coefficient (Wildman–Crippen LogP) is 1.65. The fourth-order valence-electron chi connectivity index (χ4n) is 2.16. The molecule has 0 fully saturated rings. The molecule has 6 nitrogen and oxygen atoms in total. The van der Waals surface area contributed by atoms with Gasteiger partial charge in [-0.3, -0.25) is 0 Å². The lowest BCUT2D eigenvalue weighted by atomic mass is 9.96. The van der Waals surface area contributed by atoms with E-state index in [1.165, 1.54) is 0 Å². The topological polar surface area (TPSA) is 105 Å². The number of nitriles is 2. The van der Waals surface area contributed by atoms with Gasteiger partial charge in [0.05, 0.1) is 5.56 Å². The molecule has 0 saturated heterocycles. The zero-order valence-electron chi connectivity index (χ0n) is 10.9. The molecule has 1 aromatic carbocycles. The molecular formula is C15H9N4O2. The summed E-state index contributed by atoms with van der Waals surface area (Å²) in [5, 5.41) is 18.5. The minimum Gasteiger partial charge on any atom is -0.486 e. The standard InChI is InChI=1S/C15H9N4O2/c16-6-10-8-19-15(18)11(7-17)14(10)9-1-2-12-13(5-9)21-4-3-20-12/h1-2,5H,3-4H2,(H2,18,19). The van der Waals surface area contributed by atoms with Crippen molar-refractivity contribution in [2.75, 3.05) is 18.9 Å². The van der Waals surface area contributed by atoms with Crippen molar-refractivity contribution in [2.24, 2.45) is 0 Å². The molecule has 2 aromatic rings. The first-order chi connectivity index (χ1) is 10.2. The molecular weight excluding hydrogens is 268 g/mol. The van der Waals surface area contributed by atoms with Crippen LogP contribution in [0.2, 0.25) is 0 Å². The normalized spacial score (nSPS) is 12.3. The summed E-state index contributed by atoms with van der Waals surface area (Å²) >= 11 is 0. The van der Waals surface area contributed by atoms with Gasteiger partial charge in [0, 0.05) is 5.56 Å². The molecule has 0 atom stereocenters. The largest absolute Gasteiger partial charge is 0.486 e. The second-order valence-corrected chi connectivity index (χ2v) is 4.32. The summed E-state index contributed by atoms with van der Waals surface area (Å²) < 4.78 is 11.0. The van der Waals surface area contributed by atoms with Gasteiger partial charge in [-0.15, -0.1) is 0 Å². The van der Waals surface area contributed by atoms with Crippen molar-refractivity contribution in [2.45, 2.75) is 0 Å². The van der Waals surface area contributed by atoms with Crippen molar-refractivity contribution in [3.05, 3.63) is 35.5 Å². The van der Waals surface area contributed by atoms with E-state index >= 15 is 0 Å². The van der Waals surface area contributed by atoms with E-state index in [0.717, 1.165) is 0 Å². The number of nitrogens with zero attached hydrogens (tertiary/aromatic N) is 3. The summed E-state index contributed by atoms with van der Waals surface area (Å²) in [5.74, 6) is 1.25. The molecule has 0 unspecified atom stereocenters. The lowest BCUT2D eigenvalue weighted by molar-refractivity contribution is 0.171. The van der Waals surface area contributed by atoms with Gasteiger partial charge in [0.1, 0.15) is 42.9 Å². The van der Waals surface area contributed by atoms with Crippen LogP contribution in [0.15, 0.2) is 18.2 Å². The molecule has 1 aliphatic rings. The van der Waals surface area contributed by atoms with E-state index in [9.17, 15) is 10.5 Å². The second kappa shape index (κ2) is 5.03. The molecule has 0 saturated carbocycles. The van der Waals surface area contributed by atoms with E-state index in [-0.39, 0.29) is 16.9 Å². The maximum absolute atomic E-state index is 9.27. The SMILES string of the molecule is N#Cc1[c]nc(N)c(C#N)c1-c1ccc2c(c1)OCCO2. The Bertz CT molecular complexity index is 803. The molecule has 1 radical (unpaired) electrons. The number of pyridine rings is 1. The zero-order chi connectivity index (χ0) is 14.8. The highest BCUT2D eigenvalue weighted by atomic mass is 16.6. The molecule has 0 spiro atoms. The summed E-state index contributed by atoms with van der Waals surface area (Å²) in [4.78, 5) is 3.75. The van der Waals surface area contributed by atoms with Crippen LogP contribution in [0, 0.1) is 28.9 Å². The first-order valence-electron chi connectivity index (χ1n) is 6.16. The Labute approximate surface area is 121 Å². The van der Waals surface area contributed by atoms with Crippen molar-refractivity contribution >= 4 is 5.82 Å². The van der Waals surface area contributed by atoms with Crippen LogP contribution in [-0.2, 0) is 0 Å². The summed E-state index contributed by atoms with van der Waals surface area (Å²) in [6, 6.07) is 9.17. The van der Waals surface area contributed by atoms with Gasteiger partial charge in [0.2, 0.25) is 0 Å². The number of rotatable bonds is 1. The van der Waals surface area contributed by atoms with E-state index in [1.54, 1.807) is 18.2 Å². The third-order valence-electron chi connectivity index (χ3n) is 3.10. The Kier molecular flexibility index (Phi) is 3.06. The molecule has 0 aliphatic carbocycles. The van der Waals surface area contributed by atoms with E-state index in [1.807, 2.05) is 12.1 Å². The van der Waals surface area contributed by atoms with Crippen LogP contribution in [-0.4, -0.2) is 18.2 Å². The molecule has 2 heterocycles. The molecule has 1 aromatic heterocycles. The Morgan fingerprint density at radius 2 is 1.90 bits per heavy atom. The van der Waals surface area contributed by atoms with Gasteiger partial charge < -0.3 is 15.2 Å². The average Bonchev–Trinajstić information content (AvgIpc) is 2.54. The van der Waals surface area contributed by atoms with Crippen LogP contribution < -0.4 is 15.2 Å². The summed E-state index contributed by atoms with van der Waals surface area (Å²) in [6.45, 7) is 0.951. The minimum atomic E-state index is 0.0430. The van der Waals surface area contributed by atoms with Gasteiger partial charge in [0.15, 0.2) is 11.5 Å². The van der Waals surface area contributed by atoms with Crippen LogP contribution in [0.25, 0.3) is 11.1 Å². The van der Waals surface area contributed by atoms with E-state index in [4.69, 9.17) is 15.2 Å². The second-order valence-electron chi connectivity index (χ2n) is 4.32. The number of hydrogen-bond donors (Lipinski definition) is 1. The maximum atomic E-state index is 9.27. The van der Waals surface area contributed by atoms with Crippen molar-refractivity contribution in [3.63, 3.8) is 0 Å². The van der Waals surface area contributed by atoms with Crippen molar-refractivity contribution in [3.8, 4) is 34.8 Å². The lowest BCUT2D eigenvalue weighted by Crippen LogP contribution is -2.15. The smallest absolute Gasteiger partial charge is 0.161 e. The van der Waals surface area contributed by atoms with Crippen LogP contribution in [0.1, 0.15) is 11.1 Å². The minimum absolute atomic E-state index is 0.0430. The van der Waals surface area contributed by atoms with Crippen LogP contribution in [0.5, 0.6) is 11.5 Å².